The molecule has 2 saturated carbocycles. The fourth-order valence-corrected chi connectivity index (χ4v) is 6.36. The average molecular weight is 329 g/mol. The number of fused-ring (bicyclic) bond motifs is 2. The van der Waals surface area contributed by atoms with E-state index in [1.54, 1.807) is 6.07 Å². The number of sulfonamides is 1. The first-order chi connectivity index (χ1) is 9.95. The second-order valence-corrected chi connectivity index (χ2v) is 9.33. The Kier molecular flexibility index (Phi) is 4.41. The zero-order chi connectivity index (χ0) is 15.0. The van der Waals surface area contributed by atoms with Gasteiger partial charge in [0.1, 0.15) is 0 Å². The van der Waals surface area contributed by atoms with Gasteiger partial charge in [-0.15, -0.1) is 11.3 Å². The van der Waals surface area contributed by atoms with Gasteiger partial charge in [-0.25, -0.2) is 13.1 Å². The highest BCUT2D eigenvalue weighted by atomic mass is 32.2. The van der Waals surface area contributed by atoms with Crippen LogP contribution in [0.5, 0.6) is 0 Å². The highest BCUT2D eigenvalue weighted by molar-refractivity contribution is 7.89. The number of nitrogens with one attached hydrogen (secondary N) is 2. The van der Waals surface area contributed by atoms with Crippen molar-refractivity contribution in [2.45, 2.75) is 63.1 Å². The monoisotopic (exact) mass is 328 g/mol. The van der Waals surface area contributed by atoms with Crippen molar-refractivity contribution < 1.29 is 8.42 Å². The molecule has 1 heterocycles. The standard InChI is InChI=1S/C15H24N2O2S2/c1-10(2)16-9-14-15(5-6-20-14)21(18,19)17-13-8-11-3-4-12(13)7-11/h5-6,10-13,16-17H,3-4,7-9H2,1-2H3. The molecule has 3 atom stereocenters. The summed E-state index contributed by atoms with van der Waals surface area (Å²) in [6.07, 6.45) is 4.69. The average Bonchev–Trinajstić information content (AvgIpc) is 3.11. The summed E-state index contributed by atoms with van der Waals surface area (Å²) in [4.78, 5) is 1.36. The first kappa shape index (κ1) is 15.5. The summed E-state index contributed by atoms with van der Waals surface area (Å²) >= 11 is 1.51. The van der Waals surface area contributed by atoms with Gasteiger partial charge >= 0.3 is 0 Å². The summed E-state index contributed by atoms with van der Waals surface area (Å²) in [5, 5.41) is 5.17. The van der Waals surface area contributed by atoms with E-state index in [-0.39, 0.29) is 6.04 Å². The van der Waals surface area contributed by atoms with Gasteiger partial charge in [0.05, 0.1) is 4.90 Å². The van der Waals surface area contributed by atoms with Crippen molar-refractivity contribution in [2.75, 3.05) is 0 Å². The van der Waals surface area contributed by atoms with Crippen LogP contribution < -0.4 is 10.0 Å². The SMILES string of the molecule is CC(C)NCc1sccc1S(=O)(=O)NC1CC2CCC1C2. The predicted octanol–water partition coefficient (Wildman–Crippen LogP) is 2.71. The molecule has 2 aliphatic carbocycles. The predicted molar refractivity (Wildman–Crippen MR) is 85.9 cm³/mol. The zero-order valence-corrected chi connectivity index (χ0v) is 14.3. The number of hydrogen-bond acceptors (Lipinski definition) is 4. The molecule has 21 heavy (non-hydrogen) atoms. The maximum absolute atomic E-state index is 12.7. The molecule has 1 aromatic rings. The molecule has 2 fully saturated rings. The lowest BCUT2D eigenvalue weighted by molar-refractivity contribution is 0.390. The first-order valence-corrected chi connectivity index (χ1v) is 10.1. The van der Waals surface area contributed by atoms with Crippen LogP contribution in [0, 0.1) is 11.8 Å². The maximum atomic E-state index is 12.7. The van der Waals surface area contributed by atoms with Gasteiger partial charge in [-0.05, 0) is 42.5 Å². The summed E-state index contributed by atoms with van der Waals surface area (Å²) in [6, 6.07) is 2.23. The lowest BCUT2D eigenvalue weighted by atomic mass is 9.96. The van der Waals surface area contributed by atoms with Crippen LogP contribution in [0.2, 0.25) is 0 Å². The van der Waals surface area contributed by atoms with Gasteiger partial charge in [-0.3, -0.25) is 0 Å². The van der Waals surface area contributed by atoms with Gasteiger partial charge in [-0.1, -0.05) is 20.3 Å². The molecule has 0 spiro atoms. The molecule has 2 N–H and O–H groups in total. The molecule has 2 bridgehead atoms. The molecule has 6 heteroatoms. The van der Waals surface area contributed by atoms with E-state index in [1.807, 2.05) is 5.38 Å². The lowest BCUT2D eigenvalue weighted by Gasteiger charge is -2.22. The van der Waals surface area contributed by atoms with Crippen molar-refractivity contribution in [3.8, 4) is 0 Å². The molecule has 0 amide bonds. The Morgan fingerprint density at radius 3 is 2.76 bits per heavy atom. The minimum absolute atomic E-state index is 0.152. The fourth-order valence-electron chi connectivity index (χ4n) is 3.65. The summed E-state index contributed by atoms with van der Waals surface area (Å²) in [5.74, 6) is 1.30. The van der Waals surface area contributed by atoms with Gasteiger partial charge in [0, 0.05) is 23.5 Å². The van der Waals surface area contributed by atoms with Crippen molar-refractivity contribution in [2.24, 2.45) is 11.8 Å². The molecular formula is C15H24N2O2S2. The van der Waals surface area contributed by atoms with Gasteiger partial charge in [0.15, 0.2) is 0 Å². The molecule has 0 aromatic carbocycles. The summed E-state index contributed by atoms with van der Waals surface area (Å²) in [7, 11) is -3.38. The van der Waals surface area contributed by atoms with E-state index in [2.05, 4.69) is 23.9 Å². The van der Waals surface area contributed by atoms with E-state index in [0.29, 0.717) is 23.4 Å². The minimum atomic E-state index is -3.38. The van der Waals surface area contributed by atoms with E-state index in [0.717, 1.165) is 17.2 Å². The van der Waals surface area contributed by atoms with Crippen molar-refractivity contribution in [1.82, 2.24) is 10.0 Å². The Labute approximate surface area is 131 Å². The number of rotatable bonds is 6. The van der Waals surface area contributed by atoms with E-state index < -0.39 is 10.0 Å². The Hall–Kier alpha value is -0.430. The van der Waals surface area contributed by atoms with Crippen LogP contribution in [0.15, 0.2) is 16.3 Å². The fraction of sp³-hybridized carbons (Fsp3) is 0.733. The maximum Gasteiger partial charge on any atom is 0.241 e. The van der Waals surface area contributed by atoms with Crippen molar-refractivity contribution in [1.29, 1.82) is 0 Å². The normalized spacial score (nSPS) is 28.6. The Bertz CT molecular complexity index is 595. The molecule has 0 saturated heterocycles. The van der Waals surface area contributed by atoms with Gasteiger partial charge in [0.25, 0.3) is 0 Å². The van der Waals surface area contributed by atoms with Gasteiger partial charge in [0.2, 0.25) is 10.0 Å². The Morgan fingerprint density at radius 2 is 2.14 bits per heavy atom. The summed E-state index contributed by atoms with van der Waals surface area (Å²) in [6.45, 7) is 4.74. The van der Waals surface area contributed by atoms with Crippen LogP contribution in [0.3, 0.4) is 0 Å². The van der Waals surface area contributed by atoms with E-state index >= 15 is 0 Å². The van der Waals surface area contributed by atoms with Crippen LogP contribution in [0.1, 0.15) is 44.4 Å². The molecule has 2 aliphatic rings. The molecule has 3 unspecified atom stereocenters. The minimum Gasteiger partial charge on any atom is -0.310 e. The van der Waals surface area contributed by atoms with Crippen LogP contribution in [-0.2, 0) is 16.6 Å². The molecule has 118 valence electrons. The highest BCUT2D eigenvalue weighted by Gasteiger charge is 2.41. The van der Waals surface area contributed by atoms with E-state index in [4.69, 9.17) is 0 Å². The molecule has 0 aliphatic heterocycles. The first-order valence-electron chi connectivity index (χ1n) is 7.78. The third kappa shape index (κ3) is 3.33. The second kappa shape index (κ2) is 5.99. The summed E-state index contributed by atoms with van der Waals surface area (Å²) < 4.78 is 28.3. The highest BCUT2D eigenvalue weighted by Crippen LogP contribution is 2.45. The summed E-state index contributed by atoms with van der Waals surface area (Å²) in [5.41, 5.74) is 0. The quantitative estimate of drug-likeness (QED) is 0.844. The second-order valence-electron chi connectivity index (χ2n) is 6.65. The van der Waals surface area contributed by atoms with Crippen molar-refractivity contribution in [3.63, 3.8) is 0 Å². The van der Waals surface area contributed by atoms with E-state index in [9.17, 15) is 8.42 Å². The molecule has 0 radical (unpaired) electrons. The van der Waals surface area contributed by atoms with Crippen LogP contribution in [0.25, 0.3) is 0 Å². The molecular weight excluding hydrogens is 304 g/mol. The third-order valence-electron chi connectivity index (χ3n) is 4.71. The van der Waals surface area contributed by atoms with E-state index in [1.165, 1.54) is 30.6 Å². The zero-order valence-electron chi connectivity index (χ0n) is 12.6. The van der Waals surface area contributed by atoms with Crippen molar-refractivity contribution >= 4 is 21.4 Å². The number of hydrogen-bond donors (Lipinski definition) is 2. The Morgan fingerprint density at radius 1 is 1.33 bits per heavy atom. The molecule has 1 aromatic heterocycles. The van der Waals surface area contributed by atoms with Gasteiger partial charge in [-0.2, -0.15) is 0 Å². The van der Waals surface area contributed by atoms with Crippen LogP contribution in [0.4, 0.5) is 0 Å². The topological polar surface area (TPSA) is 58.2 Å². The molecule has 3 rings (SSSR count). The van der Waals surface area contributed by atoms with Gasteiger partial charge < -0.3 is 5.32 Å². The number of thiophene rings is 1. The third-order valence-corrected chi connectivity index (χ3v) is 7.33. The van der Waals surface area contributed by atoms with Crippen LogP contribution in [-0.4, -0.2) is 20.5 Å². The van der Waals surface area contributed by atoms with Crippen LogP contribution >= 0.6 is 11.3 Å². The molecule has 4 nitrogen and oxygen atoms in total. The lowest BCUT2D eigenvalue weighted by Crippen LogP contribution is -2.38. The van der Waals surface area contributed by atoms with Crippen molar-refractivity contribution in [3.05, 3.63) is 16.3 Å². The smallest absolute Gasteiger partial charge is 0.241 e. The Balaban J connectivity index is 1.71. The largest absolute Gasteiger partial charge is 0.310 e.